The first-order chi connectivity index (χ1) is 14.2. The number of ketones is 1. The molecule has 0 aromatic heterocycles. The Morgan fingerprint density at radius 1 is 1.10 bits per heavy atom. The Kier molecular flexibility index (Phi) is 7.10. The van der Waals surface area contributed by atoms with Crippen molar-refractivity contribution in [1.82, 2.24) is 4.90 Å². The molecule has 2 aromatic rings. The third-order valence-corrected chi connectivity index (χ3v) is 5.95. The molecular weight excluding hydrogens is 465 g/mol. The first kappa shape index (κ1) is 22.2. The first-order valence-electron chi connectivity index (χ1n) is 8.49. The molecule has 1 amide bonds. The molecule has 0 unspecified atom stereocenters. The Morgan fingerprint density at radius 3 is 2.40 bits per heavy atom. The lowest BCUT2D eigenvalue weighted by molar-refractivity contribution is -0.140. The number of nitrogens with zero attached hydrogens (tertiary/aromatic N) is 1. The van der Waals surface area contributed by atoms with Crippen LogP contribution in [0.25, 0.3) is 12.2 Å². The van der Waals surface area contributed by atoms with Crippen LogP contribution in [0, 0.1) is 0 Å². The molecule has 5 nitrogen and oxygen atoms in total. The van der Waals surface area contributed by atoms with Gasteiger partial charge < -0.3 is 5.11 Å². The number of hydrogen-bond donors (Lipinski definition) is 1. The van der Waals surface area contributed by atoms with Crippen molar-refractivity contribution in [3.05, 3.63) is 80.2 Å². The molecule has 1 aliphatic rings. The molecule has 152 valence electrons. The summed E-state index contributed by atoms with van der Waals surface area (Å²) in [4.78, 5) is 36.9. The Bertz CT molecular complexity index is 1110. The zero-order valence-electron chi connectivity index (χ0n) is 15.2. The molecule has 1 heterocycles. The molecule has 1 aliphatic heterocycles. The van der Waals surface area contributed by atoms with Gasteiger partial charge in [-0.2, -0.15) is 0 Å². The average molecular weight is 478 g/mol. The number of carbonyl (C=O) groups is 3. The molecule has 0 spiro atoms. The van der Waals surface area contributed by atoms with Crippen LogP contribution in [0.3, 0.4) is 0 Å². The predicted molar refractivity (Wildman–Crippen MR) is 124 cm³/mol. The van der Waals surface area contributed by atoms with E-state index in [2.05, 4.69) is 0 Å². The Balaban J connectivity index is 1.71. The lowest BCUT2D eigenvalue weighted by atomic mass is 10.1. The van der Waals surface area contributed by atoms with Gasteiger partial charge in [0.1, 0.15) is 10.9 Å². The Hall–Kier alpha value is -2.45. The minimum atomic E-state index is -1.13. The van der Waals surface area contributed by atoms with Gasteiger partial charge in [-0.25, -0.2) is 0 Å². The maximum atomic E-state index is 12.3. The molecule has 1 fully saturated rings. The van der Waals surface area contributed by atoms with Gasteiger partial charge in [-0.05, 0) is 41.5 Å². The molecule has 9 heteroatoms. The highest BCUT2D eigenvalue weighted by Crippen LogP contribution is 2.32. The summed E-state index contributed by atoms with van der Waals surface area (Å²) in [5.74, 6) is -1.80. The number of carbonyl (C=O) groups excluding carboxylic acids is 2. The van der Waals surface area contributed by atoms with E-state index in [0.717, 1.165) is 27.8 Å². The van der Waals surface area contributed by atoms with Gasteiger partial charge in [0.05, 0.1) is 9.93 Å². The van der Waals surface area contributed by atoms with Crippen LogP contribution in [0.15, 0.2) is 53.4 Å². The van der Waals surface area contributed by atoms with E-state index in [1.54, 1.807) is 48.6 Å². The fourth-order valence-electron chi connectivity index (χ4n) is 2.58. The molecule has 1 N–H and O–H groups in total. The van der Waals surface area contributed by atoms with Crippen molar-refractivity contribution in [2.45, 2.75) is 0 Å². The van der Waals surface area contributed by atoms with Crippen LogP contribution in [-0.4, -0.2) is 38.5 Å². The first-order valence-corrected chi connectivity index (χ1v) is 10.5. The van der Waals surface area contributed by atoms with Crippen molar-refractivity contribution < 1.29 is 19.5 Å². The summed E-state index contributed by atoms with van der Waals surface area (Å²) in [6.45, 7) is -0.461. The lowest BCUT2D eigenvalue weighted by Gasteiger charge is -2.10. The monoisotopic (exact) mass is 477 g/mol. The largest absolute Gasteiger partial charge is 0.480 e. The Labute approximate surface area is 192 Å². The van der Waals surface area contributed by atoms with Crippen LogP contribution in [0.2, 0.25) is 10.0 Å². The molecule has 2 aromatic carbocycles. The smallest absolute Gasteiger partial charge is 0.323 e. The van der Waals surface area contributed by atoms with Gasteiger partial charge in [-0.15, -0.1) is 0 Å². The second-order valence-corrected chi connectivity index (χ2v) is 8.67. The van der Waals surface area contributed by atoms with Crippen LogP contribution >= 0.6 is 47.2 Å². The fourth-order valence-corrected chi connectivity index (χ4v) is 4.33. The number of halogens is 2. The molecule has 0 radical (unpaired) electrons. The maximum absolute atomic E-state index is 12.3. The second kappa shape index (κ2) is 9.57. The number of aliphatic carboxylic acids is 1. The van der Waals surface area contributed by atoms with Gasteiger partial charge in [0.25, 0.3) is 5.91 Å². The van der Waals surface area contributed by atoms with Gasteiger partial charge in [0.2, 0.25) is 0 Å². The van der Waals surface area contributed by atoms with Crippen LogP contribution in [0.1, 0.15) is 21.5 Å². The summed E-state index contributed by atoms with van der Waals surface area (Å²) in [6.07, 6.45) is 4.72. The molecule has 0 atom stereocenters. The molecule has 3 rings (SSSR count). The zero-order chi connectivity index (χ0) is 21.8. The molecule has 0 bridgehead atoms. The third kappa shape index (κ3) is 5.37. The highest BCUT2D eigenvalue weighted by molar-refractivity contribution is 8.26. The van der Waals surface area contributed by atoms with E-state index >= 15 is 0 Å². The summed E-state index contributed by atoms with van der Waals surface area (Å²) in [6, 6.07) is 11.8. The number of carboxylic acid groups (broad SMARTS) is 1. The van der Waals surface area contributed by atoms with Gasteiger partial charge >= 0.3 is 5.97 Å². The molecular formula is C21H13Cl2NO4S2. The number of thiocarbonyl (C=S) groups is 1. The number of hydrogen-bond acceptors (Lipinski definition) is 5. The maximum Gasteiger partial charge on any atom is 0.323 e. The number of amides is 1. The van der Waals surface area contributed by atoms with Crippen molar-refractivity contribution in [3.8, 4) is 0 Å². The summed E-state index contributed by atoms with van der Waals surface area (Å²) < 4.78 is 0.215. The Morgan fingerprint density at radius 2 is 1.77 bits per heavy atom. The van der Waals surface area contributed by atoms with E-state index in [4.69, 9.17) is 40.5 Å². The fraction of sp³-hybridized carbons (Fsp3) is 0.0476. The summed E-state index contributed by atoms with van der Waals surface area (Å²) in [7, 11) is 0. The van der Waals surface area contributed by atoms with E-state index < -0.39 is 18.4 Å². The third-order valence-electron chi connectivity index (χ3n) is 4.02. The minimum Gasteiger partial charge on any atom is -0.480 e. The van der Waals surface area contributed by atoms with Gasteiger partial charge in [0.15, 0.2) is 5.78 Å². The SMILES string of the molecule is O=C(O)CN1C(=O)/C(=C/c2ccc(/C=C/C(=O)c3ccc(Cl)cc3Cl)cc2)SC1=S. The summed E-state index contributed by atoms with van der Waals surface area (Å²) in [5, 5.41) is 9.62. The summed E-state index contributed by atoms with van der Waals surface area (Å²) in [5.41, 5.74) is 1.89. The van der Waals surface area contributed by atoms with Crippen molar-refractivity contribution in [1.29, 1.82) is 0 Å². The lowest BCUT2D eigenvalue weighted by Crippen LogP contribution is -2.33. The molecule has 1 saturated heterocycles. The number of thioether (sulfide) groups is 1. The van der Waals surface area contributed by atoms with Crippen molar-refractivity contribution in [2.75, 3.05) is 6.54 Å². The zero-order valence-corrected chi connectivity index (χ0v) is 18.3. The van der Waals surface area contributed by atoms with Gasteiger partial charge in [-0.3, -0.25) is 19.3 Å². The normalized spacial score (nSPS) is 15.4. The number of carboxylic acids is 1. The van der Waals surface area contributed by atoms with Crippen LogP contribution in [0.5, 0.6) is 0 Å². The van der Waals surface area contributed by atoms with Crippen molar-refractivity contribution in [3.63, 3.8) is 0 Å². The predicted octanol–water partition coefficient (Wildman–Crippen LogP) is 5.18. The van der Waals surface area contributed by atoms with E-state index in [0.29, 0.717) is 15.5 Å². The highest BCUT2D eigenvalue weighted by Gasteiger charge is 2.33. The van der Waals surface area contributed by atoms with E-state index in [1.807, 2.05) is 0 Å². The number of rotatable bonds is 6. The quantitative estimate of drug-likeness (QED) is 0.351. The topological polar surface area (TPSA) is 74.7 Å². The molecule has 30 heavy (non-hydrogen) atoms. The average Bonchev–Trinajstić information content (AvgIpc) is 2.94. The van der Waals surface area contributed by atoms with Crippen LogP contribution in [0.4, 0.5) is 0 Å². The van der Waals surface area contributed by atoms with E-state index in [-0.39, 0.29) is 15.1 Å². The van der Waals surface area contributed by atoms with E-state index in [1.165, 1.54) is 12.1 Å². The number of allylic oxidation sites excluding steroid dienone is 1. The minimum absolute atomic E-state index is 0.215. The van der Waals surface area contributed by atoms with Crippen LogP contribution < -0.4 is 0 Å². The molecule has 0 aliphatic carbocycles. The van der Waals surface area contributed by atoms with Gasteiger partial charge in [-0.1, -0.05) is 77.5 Å². The molecule has 0 saturated carbocycles. The van der Waals surface area contributed by atoms with Crippen molar-refractivity contribution in [2.24, 2.45) is 0 Å². The summed E-state index contributed by atoms with van der Waals surface area (Å²) >= 11 is 18.0. The van der Waals surface area contributed by atoms with E-state index in [9.17, 15) is 14.4 Å². The number of benzene rings is 2. The van der Waals surface area contributed by atoms with Gasteiger partial charge in [0, 0.05) is 10.6 Å². The highest BCUT2D eigenvalue weighted by atomic mass is 35.5. The van der Waals surface area contributed by atoms with Crippen molar-refractivity contribution >= 4 is 81.3 Å². The van der Waals surface area contributed by atoms with Crippen LogP contribution in [-0.2, 0) is 9.59 Å². The standard InChI is InChI=1S/C21H13Cl2NO4S2/c22-14-6-7-15(16(23)10-14)17(25)8-5-12-1-3-13(4-2-12)9-18-20(28)24(11-19(26)27)21(29)30-18/h1-10H,11H2,(H,26,27)/b8-5+,18-9-. The second-order valence-electron chi connectivity index (χ2n) is 6.15.